The number of fused-ring (bicyclic) bond motifs is 6. The van der Waals surface area contributed by atoms with Crippen molar-refractivity contribution in [3.8, 4) is 50.6 Å². The van der Waals surface area contributed by atoms with Crippen molar-refractivity contribution in [2.75, 3.05) is 0 Å². The minimum absolute atomic E-state index is 0. The van der Waals surface area contributed by atoms with Gasteiger partial charge in [0.15, 0.2) is 0 Å². The molecule has 0 unspecified atom stereocenters. The molecule has 10 aromatic rings. The van der Waals surface area contributed by atoms with Gasteiger partial charge in [0.2, 0.25) is 0 Å². The minimum Gasteiger partial charge on any atom is -0.501 e. The van der Waals surface area contributed by atoms with Gasteiger partial charge in [0.1, 0.15) is 5.58 Å². The number of halogens is 1. The number of rotatable bonds is 7. The Bertz CT molecular complexity index is 3400. The molecule has 0 bridgehead atoms. The Morgan fingerprint density at radius 3 is 2.03 bits per heavy atom. The second-order valence-electron chi connectivity index (χ2n) is 19.6. The van der Waals surface area contributed by atoms with Crippen molar-refractivity contribution >= 4 is 46.2 Å². The molecule has 4 nitrogen and oxygen atoms in total. The molecule has 1 saturated heterocycles. The van der Waals surface area contributed by atoms with E-state index in [1.807, 2.05) is 12.1 Å². The summed E-state index contributed by atoms with van der Waals surface area (Å²) < 4.78 is 22.2. The first-order chi connectivity index (χ1) is 33.2. The van der Waals surface area contributed by atoms with Gasteiger partial charge in [-0.15, -0.1) is 48.0 Å². The number of aromatic nitrogens is 3. The molecule has 12 rings (SSSR count). The zero-order chi connectivity index (χ0) is 46.4. The van der Waals surface area contributed by atoms with Gasteiger partial charge < -0.3 is 14.0 Å². The summed E-state index contributed by atoms with van der Waals surface area (Å²) in [7, 11) is -1.26. The Kier molecular flexibility index (Phi) is 13.2. The average molecular weight is 1100 g/mol. The van der Waals surface area contributed by atoms with E-state index >= 15 is 0 Å². The molecule has 1 fully saturated rings. The van der Waals surface area contributed by atoms with Crippen molar-refractivity contribution in [2.24, 2.45) is 0 Å². The number of pyridine rings is 1. The monoisotopic (exact) mass is 1100 g/mol. The molecule has 0 atom stereocenters. The molecule has 0 N–H and O–H groups in total. The number of hydrogen-bond acceptors (Lipinski definition) is 3. The van der Waals surface area contributed by atoms with E-state index in [4.69, 9.17) is 14.4 Å². The summed E-state index contributed by atoms with van der Waals surface area (Å²) in [5.74, 6) is 1.17. The zero-order valence-corrected chi connectivity index (χ0v) is 43.2. The van der Waals surface area contributed by atoms with E-state index in [0.29, 0.717) is 0 Å². The van der Waals surface area contributed by atoms with Gasteiger partial charge in [-0.25, -0.2) is 0 Å². The van der Waals surface area contributed by atoms with Gasteiger partial charge in [0.05, 0.1) is 30.5 Å². The normalized spacial score (nSPS) is 14.2. The number of nitrogens with zero attached hydrogens (tertiary/aromatic N) is 3. The van der Waals surface area contributed by atoms with Crippen LogP contribution in [0.2, 0.25) is 18.1 Å². The van der Waals surface area contributed by atoms with Crippen LogP contribution in [-0.2, 0) is 26.5 Å². The van der Waals surface area contributed by atoms with Crippen LogP contribution in [0.5, 0.6) is 0 Å². The number of benzene rings is 7. The molecule has 347 valence electrons. The summed E-state index contributed by atoms with van der Waals surface area (Å²) in [6.07, 6.45) is 8.94. The van der Waals surface area contributed by atoms with Gasteiger partial charge in [-0.1, -0.05) is 179 Å². The van der Waals surface area contributed by atoms with E-state index in [2.05, 4.69) is 172 Å². The van der Waals surface area contributed by atoms with Crippen LogP contribution >= 0.6 is 0 Å². The van der Waals surface area contributed by atoms with Gasteiger partial charge in [-0.3, -0.25) is 9.37 Å². The van der Waals surface area contributed by atoms with Crippen molar-refractivity contribution in [3.63, 3.8) is 0 Å². The van der Waals surface area contributed by atoms with Gasteiger partial charge in [-0.05, 0) is 92.8 Å². The summed E-state index contributed by atoms with van der Waals surface area (Å²) >= 11 is 0. The van der Waals surface area contributed by atoms with Crippen LogP contribution in [0.1, 0.15) is 81.9 Å². The van der Waals surface area contributed by atoms with E-state index < -0.39 is 8.07 Å². The fourth-order valence-corrected chi connectivity index (χ4v) is 16.6. The summed E-state index contributed by atoms with van der Waals surface area (Å²) in [6, 6.07) is 62.8. The molecular formula is C62H56FIrN3OSi-2. The van der Waals surface area contributed by atoms with E-state index in [1.54, 1.807) is 11.3 Å². The smallest absolute Gasteiger partial charge is 0.121 e. The van der Waals surface area contributed by atoms with Crippen LogP contribution in [0.25, 0.3) is 83.6 Å². The largest absolute Gasteiger partial charge is 0.501 e. The molecule has 1 radical (unpaired) electrons. The van der Waals surface area contributed by atoms with Crippen LogP contribution in [0.4, 0.5) is 4.39 Å². The van der Waals surface area contributed by atoms with Gasteiger partial charge in [-0.2, -0.15) is 0 Å². The third-order valence-electron chi connectivity index (χ3n) is 14.6. The Balaban J connectivity index is 0.000000201. The first kappa shape index (κ1) is 46.5. The fraction of sp³-hybridized carbons (Fsp3) is 0.226. The minimum atomic E-state index is -1.26. The Hall–Kier alpha value is -6.24. The molecule has 2 aliphatic rings. The van der Waals surface area contributed by atoms with Crippen molar-refractivity contribution in [1.29, 1.82) is 0 Å². The van der Waals surface area contributed by atoms with E-state index in [0.717, 1.165) is 61.2 Å². The maximum Gasteiger partial charge on any atom is 0.121 e. The molecule has 0 aliphatic carbocycles. The van der Waals surface area contributed by atoms with Gasteiger partial charge in [0.25, 0.3) is 0 Å². The Labute approximate surface area is 420 Å². The molecule has 1 spiro atoms. The zero-order valence-electron chi connectivity index (χ0n) is 39.8. The van der Waals surface area contributed by atoms with Gasteiger partial charge >= 0.3 is 0 Å². The van der Waals surface area contributed by atoms with Crippen LogP contribution in [0.15, 0.2) is 162 Å². The second-order valence-corrected chi connectivity index (χ2v) is 24.2. The molecule has 3 aromatic heterocycles. The van der Waals surface area contributed by atoms with Crippen LogP contribution in [-0.4, -0.2) is 22.6 Å². The molecule has 5 heterocycles. The molecule has 7 aromatic carbocycles. The Morgan fingerprint density at radius 1 is 0.652 bits per heavy atom. The van der Waals surface area contributed by atoms with Crippen molar-refractivity contribution in [3.05, 3.63) is 192 Å². The van der Waals surface area contributed by atoms with Crippen LogP contribution in [0, 0.1) is 17.9 Å². The van der Waals surface area contributed by atoms with E-state index in [-0.39, 0.29) is 37.8 Å². The third-order valence-corrected chi connectivity index (χ3v) is 20.1. The molecular weight excluding hydrogens is 1040 g/mol. The number of hydrogen-bond donors (Lipinski definition) is 0. The van der Waals surface area contributed by atoms with Crippen LogP contribution in [0.3, 0.4) is 0 Å². The summed E-state index contributed by atoms with van der Waals surface area (Å²) in [6.45, 7) is 9.14. The first-order valence-corrected chi connectivity index (χ1v) is 27.2. The number of para-hydroxylation sites is 2. The second kappa shape index (κ2) is 19.6. The average Bonchev–Trinajstić information content (AvgIpc) is 3.95. The predicted molar refractivity (Wildman–Crippen MR) is 282 cm³/mol. The first-order valence-electron chi connectivity index (χ1n) is 24.6. The van der Waals surface area contributed by atoms with Crippen LogP contribution < -0.4 is 5.19 Å². The standard InChI is InChI=1S/C43H35N2O.C19H21FNSi.Ir/c1-27(2)36-24-32(30-16-9-6-10-17-30)25-37(28(3)4)41(36)45-39-21-12-11-20-38(39)44-43(45)35-19-13-18-34-33-23-22-31(26-40(33)46-42(34)35)29-14-7-5-8-15-29;20-17-8-6-15(7-9-17)18-13-16-5-4-12-22(19(16)14-21-18)10-2-1-3-11-22;/h5-18,20-28H,1-4H3;6,8-9,13-14H,1-5,10-12H2;/q2*-1;. The number of furan rings is 1. The molecule has 2 aliphatic heterocycles. The van der Waals surface area contributed by atoms with E-state index in [1.165, 1.54) is 101 Å². The number of imidazole rings is 1. The summed E-state index contributed by atoms with van der Waals surface area (Å²) in [5, 5.41) is 3.78. The molecule has 0 amide bonds. The summed E-state index contributed by atoms with van der Waals surface area (Å²) in [4.78, 5) is 10.0. The quantitative estimate of drug-likeness (QED) is 0.118. The Morgan fingerprint density at radius 2 is 1.33 bits per heavy atom. The maximum absolute atomic E-state index is 13.1. The van der Waals surface area contributed by atoms with Gasteiger partial charge in [0, 0.05) is 43.2 Å². The van der Waals surface area contributed by atoms with E-state index in [9.17, 15) is 4.39 Å². The molecule has 7 heteroatoms. The fourth-order valence-electron chi connectivity index (χ4n) is 11.1. The van der Waals surface area contributed by atoms with Crippen molar-refractivity contribution in [2.45, 2.75) is 89.8 Å². The third kappa shape index (κ3) is 8.86. The molecule has 0 saturated carbocycles. The summed E-state index contributed by atoms with van der Waals surface area (Å²) in [5.41, 5.74) is 16.4. The SMILES string of the molecule is CC(C)c1cc(-c2ccccc2)cc(C(C)C)c1-n1c(-c2[c-]ccc3c2oc2cc(-c4ccccc4)ccc23)nc2ccccc21.Fc1c[c-]c(-c2cc3c(cn2)[Si]2(CCCCC2)CCC3)cc1.[Ir]. The topological polar surface area (TPSA) is 43.9 Å². The number of aryl methyl sites for hydroxylation is 1. The van der Waals surface area contributed by atoms with Crippen molar-refractivity contribution in [1.82, 2.24) is 14.5 Å². The maximum atomic E-state index is 13.1. The molecule has 69 heavy (non-hydrogen) atoms. The predicted octanol–water partition coefficient (Wildman–Crippen LogP) is 16.4. The van der Waals surface area contributed by atoms with Crippen molar-refractivity contribution < 1.29 is 28.9 Å².